The van der Waals surface area contributed by atoms with Gasteiger partial charge in [-0.05, 0) is 63.6 Å². The molecule has 1 N–H and O–H groups in total. The average molecular weight is 268 g/mol. The van der Waals surface area contributed by atoms with Gasteiger partial charge in [0.2, 0.25) is 0 Å². The summed E-state index contributed by atoms with van der Waals surface area (Å²) in [5.74, 6) is 1.70. The summed E-state index contributed by atoms with van der Waals surface area (Å²) < 4.78 is 5.28. The van der Waals surface area contributed by atoms with Gasteiger partial charge in [0.1, 0.15) is 0 Å². The molecular weight excluding hydrogens is 236 g/mol. The van der Waals surface area contributed by atoms with E-state index >= 15 is 0 Å². The highest BCUT2D eigenvalue weighted by atomic mass is 16.5. The summed E-state index contributed by atoms with van der Waals surface area (Å²) in [6, 6.07) is 0.789. The van der Waals surface area contributed by atoms with E-state index in [9.17, 15) is 0 Å². The van der Waals surface area contributed by atoms with Crippen molar-refractivity contribution in [2.45, 2.75) is 51.5 Å². The SMILES string of the molecule is CCCNC1CCCC1CN1CCC(COC)CC1. The first-order valence-corrected chi connectivity index (χ1v) is 8.28. The fourth-order valence-electron chi connectivity index (χ4n) is 3.76. The van der Waals surface area contributed by atoms with Crippen molar-refractivity contribution in [1.29, 1.82) is 0 Å². The molecule has 1 aliphatic carbocycles. The third-order valence-electron chi connectivity index (χ3n) is 4.92. The van der Waals surface area contributed by atoms with Gasteiger partial charge in [0.05, 0.1) is 0 Å². The minimum atomic E-state index is 0.789. The zero-order chi connectivity index (χ0) is 13.5. The van der Waals surface area contributed by atoms with Crippen LogP contribution >= 0.6 is 0 Å². The van der Waals surface area contributed by atoms with Crippen LogP contribution in [0.5, 0.6) is 0 Å². The zero-order valence-corrected chi connectivity index (χ0v) is 12.9. The predicted octanol–water partition coefficient (Wildman–Crippen LogP) is 2.51. The lowest BCUT2D eigenvalue weighted by molar-refractivity contribution is 0.0905. The van der Waals surface area contributed by atoms with Gasteiger partial charge in [-0.2, -0.15) is 0 Å². The van der Waals surface area contributed by atoms with Crippen LogP contribution < -0.4 is 5.32 Å². The summed E-state index contributed by atoms with van der Waals surface area (Å²) in [4.78, 5) is 2.70. The van der Waals surface area contributed by atoms with E-state index in [2.05, 4.69) is 17.1 Å². The molecule has 2 unspecified atom stereocenters. The Hall–Kier alpha value is -0.120. The molecule has 2 fully saturated rings. The quantitative estimate of drug-likeness (QED) is 0.768. The van der Waals surface area contributed by atoms with Crippen LogP contribution in [0.1, 0.15) is 45.4 Å². The number of nitrogens with one attached hydrogen (secondary N) is 1. The Morgan fingerprint density at radius 2 is 1.95 bits per heavy atom. The summed E-state index contributed by atoms with van der Waals surface area (Å²) in [5, 5.41) is 3.75. The number of piperidine rings is 1. The summed E-state index contributed by atoms with van der Waals surface area (Å²) in [7, 11) is 1.83. The minimum absolute atomic E-state index is 0.789. The van der Waals surface area contributed by atoms with E-state index in [1.54, 1.807) is 0 Å². The second kappa shape index (κ2) is 8.23. The van der Waals surface area contributed by atoms with Gasteiger partial charge < -0.3 is 15.0 Å². The molecular formula is C16H32N2O. The van der Waals surface area contributed by atoms with Gasteiger partial charge in [-0.25, -0.2) is 0 Å². The molecule has 1 saturated carbocycles. The van der Waals surface area contributed by atoms with E-state index in [1.165, 1.54) is 64.7 Å². The topological polar surface area (TPSA) is 24.5 Å². The van der Waals surface area contributed by atoms with E-state index in [4.69, 9.17) is 4.74 Å². The number of ether oxygens (including phenoxy) is 1. The Balaban J connectivity index is 1.69. The first-order valence-electron chi connectivity index (χ1n) is 8.28. The molecule has 3 heteroatoms. The largest absolute Gasteiger partial charge is 0.384 e. The fourth-order valence-corrected chi connectivity index (χ4v) is 3.76. The van der Waals surface area contributed by atoms with Gasteiger partial charge in [-0.3, -0.25) is 0 Å². The monoisotopic (exact) mass is 268 g/mol. The lowest BCUT2D eigenvalue weighted by atomic mass is 9.95. The molecule has 0 aromatic rings. The highest BCUT2D eigenvalue weighted by Gasteiger charge is 2.29. The van der Waals surface area contributed by atoms with Crippen LogP contribution in [0.2, 0.25) is 0 Å². The Kier molecular flexibility index (Phi) is 6.62. The van der Waals surface area contributed by atoms with Crippen LogP contribution in [0.3, 0.4) is 0 Å². The number of hydrogen-bond acceptors (Lipinski definition) is 3. The van der Waals surface area contributed by atoms with E-state index in [1.807, 2.05) is 7.11 Å². The molecule has 0 bridgehead atoms. The van der Waals surface area contributed by atoms with Crippen molar-refractivity contribution >= 4 is 0 Å². The second-order valence-electron chi connectivity index (χ2n) is 6.45. The van der Waals surface area contributed by atoms with Gasteiger partial charge in [0.15, 0.2) is 0 Å². The van der Waals surface area contributed by atoms with Crippen LogP contribution in [0.4, 0.5) is 0 Å². The maximum absolute atomic E-state index is 5.28. The molecule has 0 spiro atoms. The molecule has 0 aromatic carbocycles. The molecule has 112 valence electrons. The number of likely N-dealkylation sites (tertiary alicyclic amines) is 1. The average Bonchev–Trinajstić information content (AvgIpc) is 2.86. The fraction of sp³-hybridized carbons (Fsp3) is 1.00. The van der Waals surface area contributed by atoms with Gasteiger partial charge >= 0.3 is 0 Å². The third-order valence-corrected chi connectivity index (χ3v) is 4.92. The molecule has 2 rings (SSSR count). The second-order valence-corrected chi connectivity index (χ2v) is 6.45. The predicted molar refractivity (Wildman–Crippen MR) is 80.5 cm³/mol. The molecule has 1 aliphatic heterocycles. The number of rotatable bonds is 7. The molecule has 1 saturated heterocycles. The Bertz CT molecular complexity index is 239. The van der Waals surface area contributed by atoms with E-state index in [0.717, 1.165) is 24.5 Å². The molecule has 0 aromatic heterocycles. The molecule has 2 aliphatic rings. The number of hydrogen-bond donors (Lipinski definition) is 1. The van der Waals surface area contributed by atoms with Crippen molar-refractivity contribution in [2.75, 3.05) is 39.9 Å². The lowest BCUT2D eigenvalue weighted by Gasteiger charge is -2.34. The van der Waals surface area contributed by atoms with E-state index in [0.29, 0.717) is 0 Å². The highest BCUT2D eigenvalue weighted by Crippen LogP contribution is 2.28. The molecule has 1 heterocycles. The van der Waals surface area contributed by atoms with Gasteiger partial charge in [-0.15, -0.1) is 0 Å². The van der Waals surface area contributed by atoms with E-state index < -0.39 is 0 Å². The van der Waals surface area contributed by atoms with Crippen LogP contribution in [0.15, 0.2) is 0 Å². The van der Waals surface area contributed by atoms with Crippen molar-refractivity contribution in [2.24, 2.45) is 11.8 Å². The smallest absolute Gasteiger partial charge is 0.0491 e. The third kappa shape index (κ3) is 4.73. The number of methoxy groups -OCH3 is 1. The highest BCUT2D eigenvalue weighted by molar-refractivity contribution is 4.86. The summed E-state index contributed by atoms with van der Waals surface area (Å²) >= 11 is 0. The van der Waals surface area contributed by atoms with Crippen LogP contribution in [-0.4, -0.2) is 50.8 Å². The van der Waals surface area contributed by atoms with Crippen molar-refractivity contribution in [3.8, 4) is 0 Å². The normalized spacial score (nSPS) is 30.0. The molecule has 0 radical (unpaired) electrons. The van der Waals surface area contributed by atoms with E-state index in [-0.39, 0.29) is 0 Å². The standard InChI is InChI=1S/C16H32N2O/c1-3-9-17-16-6-4-5-15(16)12-18-10-7-14(8-11-18)13-19-2/h14-17H,3-13H2,1-2H3. The zero-order valence-electron chi connectivity index (χ0n) is 12.9. The maximum atomic E-state index is 5.28. The van der Waals surface area contributed by atoms with Crippen LogP contribution in [-0.2, 0) is 4.74 Å². The molecule has 0 amide bonds. The van der Waals surface area contributed by atoms with Crippen molar-refractivity contribution in [3.05, 3.63) is 0 Å². The Labute approximate surface area is 119 Å². The molecule has 3 nitrogen and oxygen atoms in total. The Morgan fingerprint density at radius 3 is 2.63 bits per heavy atom. The van der Waals surface area contributed by atoms with Gasteiger partial charge in [0, 0.05) is 26.3 Å². The van der Waals surface area contributed by atoms with Crippen LogP contribution in [0.25, 0.3) is 0 Å². The first kappa shape index (κ1) is 15.3. The van der Waals surface area contributed by atoms with Crippen LogP contribution in [0, 0.1) is 11.8 Å². The maximum Gasteiger partial charge on any atom is 0.0491 e. The summed E-state index contributed by atoms with van der Waals surface area (Å²) in [6.45, 7) is 8.30. The van der Waals surface area contributed by atoms with Crippen molar-refractivity contribution in [3.63, 3.8) is 0 Å². The Morgan fingerprint density at radius 1 is 1.16 bits per heavy atom. The lowest BCUT2D eigenvalue weighted by Crippen LogP contribution is -2.43. The minimum Gasteiger partial charge on any atom is -0.384 e. The number of nitrogens with zero attached hydrogens (tertiary/aromatic N) is 1. The summed E-state index contributed by atoms with van der Waals surface area (Å²) in [5.41, 5.74) is 0. The van der Waals surface area contributed by atoms with Crippen molar-refractivity contribution < 1.29 is 4.74 Å². The van der Waals surface area contributed by atoms with Gasteiger partial charge in [-0.1, -0.05) is 13.3 Å². The first-order chi connectivity index (χ1) is 9.33. The molecule has 19 heavy (non-hydrogen) atoms. The summed E-state index contributed by atoms with van der Waals surface area (Å²) in [6.07, 6.45) is 8.16. The van der Waals surface area contributed by atoms with Gasteiger partial charge in [0.25, 0.3) is 0 Å². The molecule has 2 atom stereocenters. The van der Waals surface area contributed by atoms with Crippen molar-refractivity contribution in [1.82, 2.24) is 10.2 Å².